The first kappa shape index (κ1) is 20.4. The predicted molar refractivity (Wildman–Crippen MR) is 130 cm³/mol. The van der Waals surface area contributed by atoms with E-state index in [0.29, 0.717) is 12.5 Å². The number of anilines is 1. The van der Waals surface area contributed by atoms with Crippen molar-refractivity contribution in [2.45, 2.75) is 25.9 Å². The Balaban J connectivity index is 1.39. The molecule has 1 aliphatic rings. The van der Waals surface area contributed by atoms with Gasteiger partial charge in [0, 0.05) is 35.8 Å². The number of aromatic nitrogens is 1. The van der Waals surface area contributed by atoms with Gasteiger partial charge in [0.1, 0.15) is 18.1 Å². The second-order valence-corrected chi connectivity index (χ2v) is 8.44. The first-order valence-electron chi connectivity index (χ1n) is 11.2. The van der Waals surface area contributed by atoms with Crippen molar-refractivity contribution >= 4 is 16.6 Å². The Labute approximate surface area is 189 Å². The lowest BCUT2D eigenvalue weighted by molar-refractivity contribution is 0.306. The van der Waals surface area contributed by atoms with E-state index in [1.54, 1.807) is 7.11 Å². The highest BCUT2D eigenvalue weighted by atomic mass is 16.5. The van der Waals surface area contributed by atoms with Crippen LogP contribution in [0.2, 0.25) is 0 Å². The third kappa shape index (κ3) is 4.26. The van der Waals surface area contributed by atoms with Crippen LogP contribution >= 0.6 is 0 Å². The van der Waals surface area contributed by atoms with Gasteiger partial charge in [-0.15, -0.1) is 0 Å². The summed E-state index contributed by atoms with van der Waals surface area (Å²) in [7, 11) is 1.68. The molecule has 0 bridgehead atoms. The van der Waals surface area contributed by atoms with E-state index in [1.807, 2.05) is 30.3 Å². The number of fused-ring (bicyclic) bond motifs is 1. The molecule has 3 aromatic carbocycles. The fourth-order valence-electron chi connectivity index (χ4n) is 4.53. The maximum absolute atomic E-state index is 6.12. The van der Waals surface area contributed by atoms with Crippen molar-refractivity contribution in [3.8, 4) is 11.5 Å². The van der Waals surface area contributed by atoms with Gasteiger partial charge >= 0.3 is 0 Å². The third-order valence-electron chi connectivity index (χ3n) is 6.25. The molecular weight excluding hydrogens is 396 g/mol. The molecule has 0 saturated carbocycles. The highest BCUT2D eigenvalue weighted by Gasteiger charge is 2.25. The van der Waals surface area contributed by atoms with Crippen molar-refractivity contribution in [3.05, 3.63) is 95.7 Å². The second kappa shape index (κ2) is 8.91. The van der Waals surface area contributed by atoms with Gasteiger partial charge in [0.2, 0.25) is 0 Å². The van der Waals surface area contributed by atoms with Crippen LogP contribution < -0.4 is 14.4 Å². The van der Waals surface area contributed by atoms with Crippen molar-refractivity contribution in [3.63, 3.8) is 0 Å². The highest BCUT2D eigenvalue weighted by Crippen LogP contribution is 2.36. The zero-order chi connectivity index (χ0) is 21.9. The molecule has 2 heterocycles. The minimum Gasteiger partial charge on any atom is -0.497 e. The van der Waals surface area contributed by atoms with E-state index in [2.05, 4.69) is 60.4 Å². The zero-order valence-electron chi connectivity index (χ0n) is 18.6. The average molecular weight is 425 g/mol. The van der Waals surface area contributed by atoms with Crippen LogP contribution in [0, 0.1) is 6.92 Å². The fraction of sp³-hybridized carbons (Fsp3) is 0.250. The summed E-state index contributed by atoms with van der Waals surface area (Å²) < 4.78 is 11.4. The van der Waals surface area contributed by atoms with Crippen LogP contribution in [0.3, 0.4) is 0 Å². The first-order chi connectivity index (χ1) is 15.7. The number of hydrogen-bond acceptors (Lipinski definition) is 4. The summed E-state index contributed by atoms with van der Waals surface area (Å²) in [6.07, 6.45) is 1.17. The Morgan fingerprint density at radius 2 is 1.72 bits per heavy atom. The van der Waals surface area contributed by atoms with Gasteiger partial charge in [0.25, 0.3) is 0 Å². The predicted octanol–water partition coefficient (Wildman–Crippen LogP) is 6.12. The van der Waals surface area contributed by atoms with Gasteiger partial charge in [-0.3, -0.25) is 4.98 Å². The van der Waals surface area contributed by atoms with Crippen LogP contribution in [0.4, 0.5) is 5.69 Å². The van der Waals surface area contributed by atoms with Crippen LogP contribution in [0.1, 0.15) is 29.2 Å². The molecular formula is C28H28N2O2. The molecule has 0 radical (unpaired) electrons. The Morgan fingerprint density at radius 1 is 0.938 bits per heavy atom. The number of benzene rings is 3. The van der Waals surface area contributed by atoms with Crippen molar-refractivity contribution in [2.24, 2.45) is 0 Å². The molecule has 4 nitrogen and oxygen atoms in total. The van der Waals surface area contributed by atoms with E-state index in [1.165, 1.54) is 17.7 Å². The van der Waals surface area contributed by atoms with Crippen molar-refractivity contribution in [1.82, 2.24) is 4.98 Å². The summed E-state index contributed by atoms with van der Waals surface area (Å²) in [4.78, 5) is 7.27. The number of pyridine rings is 1. The number of hydrogen-bond donors (Lipinski definition) is 0. The summed E-state index contributed by atoms with van der Waals surface area (Å²) in [6, 6.07) is 27.3. The Hall–Kier alpha value is -3.53. The number of rotatable bonds is 6. The molecule has 4 aromatic rings. The van der Waals surface area contributed by atoms with Crippen molar-refractivity contribution in [1.29, 1.82) is 0 Å². The number of aryl methyl sites for hydroxylation is 1. The molecule has 0 amide bonds. The van der Waals surface area contributed by atoms with E-state index in [-0.39, 0.29) is 0 Å². The molecule has 5 rings (SSSR count). The Kier molecular flexibility index (Phi) is 5.68. The minimum absolute atomic E-state index is 0.518. The van der Waals surface area contributed by atoms with Crippen LogP contribution in [-0.4, -0.2) is 25.2 Å². The van der Waals surface area contributed by atoms with Crippen molar-refractivity contribution in [2.75, 3.05) is 25.1 Å². The summed E-state index contributed by atoms with van der Waals surface area (Å²) >= 11 is 0. The van der Waals surface area contributed by atoms with E-state index in [4.69, 9.17) is 14.5 Å². The molecule has 1 aromatic heterocycles. The molecule has 0 spiro atoms. The number of methoxy groups -OCH3 is 1. The van der Waals surface area contributed by atoms with Gasteiger partial charge in [-0.2, -0.15) is 0 Å². The lowest BCUT2D eigenvalue weighted by Gasteiger charge is -2.22. The van der Waals surface area contributed by atoms with E-state index >= 15 is 0 Å². The van der Waals surface area contributed by atoms with Crippen molar-refractivity contribution < 1.29 is 9.47 Å². The van der Waals surface area contributed by atoms with Crippen LogP contribution in [0.5, 0.6) is 11.5 Å². The topological polar surface area (TPSA) is 34.6 Å². The largest absolute Gasteiger partial charge is 0.497 e. The third-order valence-corrected chi connectivity index (χ3v) is 6.25. The SMILES string of the molecule is COc1ccc(COc2ccc3nc(C)cc(N4CCC(c5ccccc5)C4)c3c2)cc1. The molecule has 162 valence electrons. The van der Waals surface area contributed by atoms with E-state index in [0.717, 1.165) is 46.7 Å². The zero-order valence-corrected chi connectivity index (χ0v) is 18.6. The summed E-state index contributed by atoms with van der Waals surface area (Å²) in [6.45, 7) is 4.67. The van der Waals surface area contributed by atoms with E-state index < -0.39 is 0 Å². The van der Waals surface area contributed by atoms with Crippen LogP contribution in [0.15, 0.2) is 78.9 Å². The molecule has 4 heteroatoms. The molecule has 1 fully saturated rings. The molecule has 1 atom stereocenters. The van der Waals surface area contributed by atoms with Gasteiger partial charge in [-0.1, -0.05) is 42.5 Å². The lowest BCUT2D eigenvalue weighted by atomic mass is 9.99. The highest BCUT2D eigenvalue weighted by molar-refractivity contribution is 5.93. The molecule has 0 aliphatic carbocycles. The standard InChI is InChI=1S/C28H28N2O2/c1-20-16-28(30-15-14-23(18-30)22-6-4-3-5-7-22)26-17-25(12-13-27(26)29-20)32-19-21-8-10-24(31-2)11-9-21/h3-13,16-17,23H,14-15,18-19H2,1-2H3. The van der Waals surface area contributed by atoms with Gasteiger partial charge in [0.15, 0.2) is 0 Å². The molecule has 1 aliphatic heterocycles. The van der Waals surface area contributed by atoms with Gasteiger partial charge in [-0.25, -0.2) is 0 Å². The quantitative estimate of drug-likeness (QED) is 0.373. The molecule has 1 saturated heterocycles. The van der Waals surface area contributed by atoms with Gasteiger partial charge in [0.05, 0.1) is 12.6 Å². The molecule has 1 unspecified atom stereocenters. The number of nitrogens with zero attached hydrogens (tertiary/aromatic N) is 2. The summed E-state index contributed by atoms with van der Waals surface area (Å²) in [5, 5.41) is 1.15. The Morgan fingerprint density at radius 3 is 2.50 bits per heavy atom. The second-order valence-electron chi connectivity index (χ2n) is 8.44. The van der Waals surface area contributed by atoms with E-state index in [9.17, 15) is 0 Å². The Bertz CT molecular complexity index is 1210. The molecule has 0 N–H and O–H groups in total. The first-order valence-corrected chi connectivity index (χ1v) is 11.2. The lowest BCUT2D eigenvalue weighted by Crippen LogP contribution is -2.20. The maximum atomic E-state index is 6.12. The summed E-state index contributed by atoms with van der Waals surface area (Å²) in [5.74, 6) is 2.28. The minimum atomic E-state index is 0.518. The molecule has 32 heavy (non-hydrogen) atoms. The normalized spacial score (nSPS) is 15.8. The number of ether oxygens (including phenoxy) is 2. The smallest absolute Gasteiger partial charge is 0.120 e. The monoisotopic (exact) mass is 424 g/mol. The van der Waals surface area contributed by atoms with Gasteiger partial charge in [-0.05, 0) is 60.9 Å². The average Bonchev–Trinajstić information content (AvgIpc) is 3.33. The fourth-order valence-corrected chi connectivity index (χ4v) is 4.53. The maximum Gasteiger partial charge on any atom is 0.120 e. The van der Waals surface area contributed by atoms with Crippen LogP contribution in [-0.2, 0) is 6.61 Å². The van der Waals surface area contributed by atoms with Gasteiger partial charge < -0.3 is 14.4 Å². The van der Waals surface area contributed by atoms with Crippen LogP contribution in [0.25, 0.3) is 10.9 Å². The summed E-state index contributed by atoms with van der Waals surface area (Å²) in [5.41, 5.74) is 5.84.